The van der Waals surface area contributed by atoms with Gasteiger partial charge in [0.05, 0.1) is 10.6 Å². The van der Waals surface area contributed by atoms with Gasteiger partial charge in [0.25, 0.3) is 5.91 Å². The van der Waals surface area contributed by atoms with Gasteiger partial charge in [0, 0.05) is 25.0 Å². The number of likely N-dealkylation sites (tertiary alicyclic amines) is 1. The van der Waals surface area contributed by atoms with Crippen LogP contribution in [0.25, 0.3) is 0 Å². The van der Waals surface area contributed by atoms with Crippen molar-refractivity contribution in [1.29, 1.82) is 0 Å². The first-order valence-corrected chi connectivity index (χ1v) is 10.8. The van der Waals surface area contributed by atoms with Gasteiger partial charge in [-0.2, -0.15) is 0 Å². The lowest BCUT2D eigenvalue weighted by Crippen LogP contribution is -2.55. The molecule has 0 aromatic heterocycles. The van der Waals surface area contributed by atoms with Crippen LogP contribution in [0.15, 0.2) is 24.3 Å². The number of nitrogens with zero attached hydrogens (tertiary/aromatic N) is 1. The molecule has 0 radical (unpaired) electrons. The normalized spacial score (nSPS) is 17.0. The molecule has 3 amide bonds. The van der Waals surface area contributed by atoms with E-state index in [1.165, 1.54) is 0 Å². The molecule has 160 valence electrons. The summed E-state index contributed by atoms with van der Waals surface area (Å²) >= 11 is 6.15. The number of carbonyl (C=O) groups excluding carboxylic acids is 3. The second-order valence-corrected chi connectivity index (χ2v) is 8.47. The molecular formula is C22H32ClN3O3. The Labute approximate surface area is 178 Å². The number of benzene rings is 1. The minimum atomic E-state index is -0.663. The first-order valence-electron chi connectivity index (χ1n) is 10.4. The molecule has 29 heavy (non-hydrogen) atoms. The Kier molecular flexibility index (Phi) is 8.50. The molecule has 1 saturated heterocycles. The Morgan fingerprint density at radius 2 is 1.72 bits per heavy atom. The highest BCUT2D eigenvalue weighted by Crippen LogP contribution is 2.23. The Hall–Kier alpha value is -2.08. The molecule has 7 heteroatoms. The monoisotopic (exact) mass is 421 g/mol. The molecule has 2 N–H and O–H groups in total. The summed E-state index contributed by atoms with van der Waals surface area (Å²) in [4.78, 5) is 39.9. The number of hydrogen-bond acceptors (Lipinski definition) is 3. The number of carbonyl (C=O) groups is 3. The molecule has 1 aromatic rings. The first-order chi connectivity index (χ1) is 13.7. The molecule has 0 spiro atoms. The van der Waals surface area contributed by atoms with Crippen molar-refractivity contribution in [1.82, 2.24) is 15.5 Å². The minimum absolute atomic E-state index is 0.0184. The van der Waals surface area contributed by atoms with Crippen molar-refractivity contribution in [2.75, 3.05) is 13.1 Å². The van der Waals surface area contributed by atoms with Crippen LogP contribution in [0.3, 0.4) is 0 Å². The smallest absolute Gasteiger partial charge is 0.253 e. The van der Waals surface area contributed by atoms with Gasteiger partial charge in [-0.25, -0.2) is 0 Å². The van der Waals surface area contributed by atoms with E-state index in [9.17, 15) is 14.4 Å². The zero-order chi connectivity index (χ0) is 21.6. The summed E-state index contributed by atoms with van der Waals surface area (Å²) in [5, 5.41) is 6.23. The quantitative estimate of drug-likeness (QED) is 0.709. The van der Waals surface area contributed by atoms with E-state index in [2.05, 4.69) is 10.6 Å². The molecule has 0 saturated carbocycles. The number of nitrogens with one attached hydrogen (secondary N) is 2. The van der Waals surface area contributed by atoms with Crippen LogP contribution < -0.4 is 10.6 Å². The fraction of sp³-hybridized carbons (Fsp3) is 0.591. The van der Waals surface area contributed by atoms with E-state index in [1.807, 2.05) is 32.6 Å². The average Bonchev–Trinajstić information content (AvgIpc) is 2.71. The van der Waals surface area contributed by atoms with Crippen LogP contribution in [-0.4, -0.2) is 47.8 Å². The SMILES string of the molecule is CC[C@@H](C)NC(=O)[C@H](NC(=O)c1ccccc1Cl)C1CCN(C(=O)C(C)C)CC1. The Morgan fingerprint density at radius 3 is 2.28 bits per heavy atom. The van der Waals surface area contributed by atoms with Crippen molar-refractivity contribution >= 4 is 29.3 Å². The molecular weight excluding hydrogens is 390 g/mol. The van der Waals surface area contributed by atoms with Crippen molar-refractivity contribution in [3.8, 4) is 0 Å². The summed E-state index contributed by atoms with van der Waals surface area (Å²) in [6, 6.07) is 6.15. The third-order valence-corrected chi connectivity index (χ3v) is 5.83. The molecule has 1 heterocycles. The molecule has 0 aliphatic carbocycles. The summed E-state index contributed by atoms with van der Waals surface area (Å²) in [5.74, 6) is -0.504. The number of hydrogen-bond donors (Lipinski definition) is 2. The lowest BCUT2D eigenvalue weighted by Gasteiger charge is -2.36. The average molecular weight is 422 g/mol. The molecule has 6 nitrogen and oxygen atoms in total. The second-order valence-electron chi connectivity index (χ2n) is 8.07. The minimum Gasteiger partial charge on any atom is -0.352 e. The fourth-order valence-corrected chi connectivity index (χ4v) is 3.74. The van der Waals surface area contributed by atoms with Crippen molar-refractivity contribution in [2.24, 2.45) is 11.8 Å². The molecule has 0 bridgehead atoms. The van der Waals surface area contributed by atoms with Gasteiger partial charge in [-0.15, -0.1) is 0 Å². The summed E-state index contributed by atoms with van der Waals surface area (Å²) in [6.45, 7) is 8.90. The van der Waals surface area contributed by atoms with Crippen molar-refractivity contribution in [3.05, 3.63) is 34.9 Å². The fourth-order valence-electron chi connectivity index (χ4n) is 3.51. The van der Waals surface area contributed by atoms with Gasteiger partial charge in [-0.3, -0.25) is 14.4 Å². The third-order valence-electron chi connectivity index (χ3n) is 5.51. The van der Waals surface area contributed by atoms with E-state index in [-0.39, 0.29) is 35.6 Å². The van der Waals surface area contributed by atoms with Crippen molar-refractivity contribution in [3.63, 3.8) is 0 Å². The van der Waals surface area contributed by atoms with Gasteiger partial charge in [-0.1, -0.05) is 44.5 Å². The van der Waals surface area contributed by atoms with Gasteiger partial charge in [-0.05, 0) is 44.2 Å². The summed E-state index contributed by atoms with van der Waals surface area (Å²) < 4.78 is 0. The molecule has 2 atom stereocenters. The zero-order valence-electron chi connectivity index (χ0n) is 17.7. The van der Waals surface area contributed by atoms with Crippen molar-refractivity contribution < 1.29 is 14.4 Å². The number of halogens is 1. The maximum absolute atomic E-state index is 12.9. The van der Waals surface area contributed by atoms with Crippen LogP contribution in [0, 0.1) is 11.8 Å². The third kappa shape index (κ3) is 6.20. The summed E-state index contributed by atoms with van der Waals surface area (Å²) in [5.41, 5.74) is 0.350. The molecule has 1 fully saturated rings. The van der Waals surface area contributed by atoms with Crippen molar-refractivity contribution in [2.45, 2.75) is 59.0 Å². The van der Waals surface area contributed by atoms with Crippen LogP contribution in [0.4, 0.5) is 0 Å². The van der Waals surface area contributed by atoms with Gasteiger partial charge < -0.3 is 15.5 Å². The van der Waals surface area contributed by atoms with Gasteiger partial charge in [0.2, 0.25) is 11.8 Å². The van der Waals surface area contributed by atoms with E-state index < -0.39 is 6.04 Å². The van der Waals surface area contributed by atoms with Gasteiger partial charge in [0.1, 0.15) is 6.04 Å². The predicted octanol–water partition coefficient (Wildman–Crippen LogP) is 3.25. The standard InChI is InChI=1S/C22H32ClN3O3/c1-5-15(4)24-21(28)19(25-20(27)17-8-6-7-9-18(17)23)16-10-12-26(13-11-16)22(29)14(2)3/h6-9,14-16,19H,5,10-13H2,1-4H3,(H,24,28)(H,25,27)/t15-,19-/m1/s1. The van der Waals surface area contributed by atoms with E-state index in [4.69, 9.17) is 11.6 Å². The van der Waals surface area contributed by atoms with Crippen LogP contribution >= 0.6 is 11.6 Å². The maximum atomic E-state index is 12.9. The number of rotatable bonds is 7. The van der Waals surface area contributed by atoms with Crippen LogP contribution in [0.5, 0.6) is 0 Å². The zero-order valence-corrected chi connectivity index (χ0v) is 18.5. The number of piperidine rings is 1. The summed E-state index contributed by atoms with van der Waals surface area (Å²) in [6.07, 6.45) is 2.14. The predicted molar refractivity (Wildman–Crippen MR) is 115 cm³/mol. The Morgan fingerprint density at radius 1 is 1.10 bits per heavy atom. The van der Waals surface area contributed by atoms with Gasteiger partial charge in [0.15, 0.2) is 0 Å². The molecule has 1 aliphatic heterocycles. The Balaban J connectivity index is 2.13. The molecule has 0 unspecified atom stereocenters. The highest BCUT2D eigenvalue weighted by atomic mass is 35.5. The lowest BCUT2D eigenvalue weighted by molar-refractivity contribution is -0.136. The summed E-state index contributed by atoms with van der Waals surface area (Å²) in [7, 11) is 0. The lowest BCUT2D eigenvalue weighted by atomic mass is 9.88. The van der Waals surface area contributed by atoms with Crippen LogP contribution in [-0.2, 0) is 9.59 Å². The molecule has 1 aromatic carbocycles. The van der Waals surface area contributed by atoms with E-state index in [0.717, 1.165) is 6.42 Å². The van der Waals surface area contributed by atoms with Crippen LogP contribution in [0.1, 0.15) is 57.3 Å². The largest absolute Gasteiger partial charge is 0.352 e. The van der Waals surface area contributed by atoms with E-state index >= 15 is 0 Å². The topological polar surface area (TPSA) is 78.5 Å². The van der Waals surface area contributed by atoms with E-state index in [0.29, 0.717) is 36.5 Å². The number of amides is 3. The van der Waals surface area contributed by atoms with Crippen LogP contribution in [0.2, 0.25) is 5.02 Å². The molecule has 1 aliphatic rings. The Bertz CT molecular complexity index is 730. The maximum Gasteiger partial charge on any atom is 0.253 e. The first kappa shape index (κ1) is 23.2. The van der Waals surface area contributed by atoms with E-state index in [1.54, 1.807) is 24.3 Å². The second kappa shape index (κ2) is 10.6. The highest BCUT2D eigenvalue weighted by molar-refractivity contribution is 6.33. The highest BCUT2D eigenvalue weighted by Gasteiger charge is 2.34. The molecule has 2 rings (SSSR count). The van der Waals surface area contributed by atoms with Gasteiger partial charge >= 0.3 is 0 Å².